The Morgan fingerprint density at radius 1 is 1.21 bits per heavy atom. The van der Waals surface area contributed by atoms with Gasteiger partial charge < -0.3 is 14.7 Å². The molecule has 2 heterocycles. The molecule has 1 aliphatic rings. The summed E-state index contributed by atoms with van der Waals surface area (Å²) in [6, 6.07) is 13.0. The van der Waals surface area contributed by atoms with Crippen LogP contribution in [0.15, 0.2) is 48.7 Å². The van der Waals surface area contributed by atoms with Gasteiger partial charge in [-0.15, -0.1) is 0 Å². The van der Waals surface area contributed by atoms with E-state index in [0.29, 0.717) is 17.9 Å². The van der Waals surface area contributed by atoms with E-state index < -0.39 is 0 Å². The molecule has 0 saturated carbocycles. The molecule has 1 aromatic heterocycles. The maximum atomic E-state index is 12.8. The smallest absolute Gasteiger partial charge is 0.272 e. The van der Waals surface area contributed by atoms with E-state index in [2.05, 4.69) is 4.98 Å². The van der Waals surface area contributed by atoms with Crippen LogP contribution in [0, 0.1) is 0 Å². The van der Waals surface area contributed by atoms with Crippen LogP contribution >= 0.6 is 0 Å². The Morgan fingerprint density at radius 3 is 2.83 bits per heavy atom. The van der Waals surface area contributed by atoms with Gasteiger partial charge in [0.05, 0.1) is 0 Å². The average molecular weight is 326 g/mol. The first-order valence-electron chi connectivity index (χ1n) is 8.38. The number of likely N-dealkylation sites (tertiary alicyclic amines) is 1. The fourth-order valence-electron chi connectivity index (χ4n) is 3.08. The molecule has 1 N–H and O–H groups in total. The third kappa shape index (κ3) is 3.92. The fraction of sp³-hybridized carbons (Fsp3) is 0.368. The summed E-state index contributed by atoms with van der Waals surface area (Å²) >= 11 is 0. The Kier molecular flexibility index (Phi) is 5.43. The molecule has 1 atom stereocenters. The molecule has 5 heteroatoms. The second-order valence-corrected chi connectivity index (χ2v) is 5.95. The van der Waals surface area contributed by atoms with Gasteiger partial charge in [0.25, 0.3) is 5.91 Å². The van der Waals surface area contributed by atoms with Gasteiger partial charge in [-0.1, -0.05) is 18.2 Å². The average Bonchev–Trinajstić information content (AvgIpc) is 2.63. The zero-order chi connectivity index (χ0) is 16.8. The SMILES string of the molecule is O=C(c1cc(Oc2ccccc2)ccn1)N1CCCC[C@H]1CCO. The molecule has 3 rings (SSSR count). The molecule has 2 aromatic rings. The number of hydrogen-bond donors (Lipinski definition) is 1. The number of piperidine rings is 1. The highest BCUT2D eigenvalue weighted by atomic mass is 16.5. The number of rotatable bonds is 5. The minimum Gasteiger partial charge on any atom is -0.457 e. The second-order valence-electron chi connectivity index (χ2n) is 5.95. The number of aliphatic hydroxyl groups excluding tert-OH is 1. The van der Waals surface area contributed by atoms with E-state index in [4.69, 9.17) is 4.74 Å². The summed E-state index contributed by atoms with van der Waals surface area (Å²) in [5.41, 5.74) is 0.383. The summed E-state index contributed by atoms with van der Waals surface area (Å²) < 4.78 is 5.78. The predicted octanol–water partition coefficient (Wildman–Crippen LogP) is 3.25. The quantitative estimate of drug-likeness (QED) is 0.916. The summed E-state index contributed by atoms with van der Waals surface area (Å²) in [6.45, 7) is 0.813. The molecule has 1 amide bonds. The number of aliphatic hydroxyl groups is 1. The predicted molar refractivity (Wildman–Crippen MR) is 91.1 cm³/mol. The van der Waals surface area contributed by atoms with Crippen molar-refractivity contribution in [1.82, 2.24) is 9.88 Å². The van der Waals surface area contributed by atoms with Gasteiger partial charge in [-0.2, -0.15) is 0 Å². The Hall–Kier alpha value is -2.40. The van der Waals surface area contributed by atoms with Gasteiger partial charge >= 0.3 is 0 Å². The number of ether oxygens (including phenoxy) is 1. The maximum absolute atomic E-state index is 12.8. The van der Waals surface area contributed by atoms with Gasteiger partial charge in [0.15, 0.2) is 0 Å². The van der Waals surface area contributed by atoms with Gasteiger partial charge in [0.2, 0.25) is 0 Å². The van der Waals surface area contributed by atoms with Crippen LogP contribution in [0.3, 0.4) is 0 Å². The van der Waals surface area contributed by atoms with Crippen LogP contribution in [0.2, 0.25) is 0 Å². The van der Waals surface area contributed by atoms with Gasteiger partial charge in [-0.05, 0) is 43.9 Å². The van der Waals surface area contributed by atoms with Crippen molar-refractivity contribution in [3.63, 3.8) is 0 Å². The zero-order valence-electron chi connectivity index (χ0n) is 13.6. The van der Waals surface area contributed by atoms with Crippen molar-refractivity contribution in [2.45, 2.75) is 31.7 Å². The molecule has 0 spiro atoms. The first kappa shape index (κ1) is 16.5. The molecule has 0 unspecified atom stereocenters. The number of hydrogen-bond acceptors (Lipinski definition) is 4. The third-order valence-electron chi connectivity index (χ3n) is 4.28. The summed E-state index contributed by atoms with van der Waals surface area (Å²) in [5, 5.41) is 9.22. The Balaban J connectivity index is 1.76. The van der Waals surface area contributed by atoms with Gasteiger partial charge in [-0.3, -0.25) is 9.78 Å². The highest BCUT2D eigenvalue weighted by molar-refractivity contribution is 5.93. The molecule has 126 valence electrons. The van der Waals surface area contributed by atoms with Crippen LogP contribution in [0.1, 0.15) is 36.2 Å². The summed E-state index contributed by atoms with van der Waals surface area (Å²) in [6.07, 6.45) is 5.24. The van der Waals surface area contributed by atoms with E-state index in [9.17, 15) is 9.90 Å². The van der Waals surface area contributed by atoms with Crippen molar-refractivity contribution < 1.29 is 14.6 Å². The van der Waals surface area contributed by atoms with Crippen molar-refractivity contribution in [3.8, 4) is 11.5 Å². The summed E-state index contributed by atoms with van der Waals surface area (Å²) in [5.74, 6) is 1.22. The number of aromatic nitrogens is 1. The lowest BCUT2D eigenvalue weighted by atomic mass is 9.99. The Labute approximate surface area is 141 Å². The molecule has 0 radical (unpaired) electrons. The topological polar surface area (TPSA) is 62.7 Å². The third-order valence-corrected chi connectivity index (χ3v) is 4.28. The first-order chi connectivity index (χ1) is 11.8. The molecule has 1 saturated heterocycles. The molecule has 0 aliphatic carbocycles. The molecular formula is C19H22N2O3. The largest absolute Gasteiger partial charge is 0.457 e. The van der Waals surface area contributed by atoms with Crippen molar-refractivity contribution in [2.75, 3.05) is 13.2 Å². The number of carbonyl (C=O) groups is 1. The molecular weight excluding hydrogens is 304 g/mol. The van der Waals surface area contributed by atoms with Crippen molar-refractivity contribution in [3.05, 3.63) is 54.4 Å². The van der Waals surface area contributed by atoms with Crippen LogP contribution in [0.5, 0.6) is 11.5 Å². The lowest BCUT2D eigenvalue weighted by Crippen LogP contribution is -2.44. The standard InChI is InChI=1S/C19H22N2O3/c22-13-10-15-6-4-5-12-21(15)19(23)18-14-17(9-11-20-18)24-16-7-2-1-3-8-16/h1-3,7-9,11,14-15,22H,4-6,10,12-13H2/t15-/m0/s1. The maximum Gasteiger partial charge on any atom is 0.272 e. The molecule has 1 fully saturated rings. The van der Waals surface area contributed by atoms with E-state index in [1.54, 1.807) is 18.3 Å². The van der Waals surface area contributed by atoms with Crippen molar-refractivity contribution >= 4 is 5.91 Å². The number of pyridine rings is 1. The highest BCUT2D eigenvalue weighted by Gasteiger charge is 2.27. The van der Waals surface area contributed by atoms with Crippen molar-refractivity contribution in [1.29, 1.82) is 0 Å². The molecule has 5 nitrogen and oxygen atoms in total. The van der Waals surface area contributed by atoms with Crippen LogP contribution in [0.25, 0.3) is 0 Å². The van der Waals surface area contributed by atoms with E-state index >= 15 is 0 Å². The molecule has 0 bridgehead atoms. The number of para-hydroxylation sites is 1. The van der Waals surface area contributed by atoms with E-state index in [1.807, 2.05) is 35.2 Å². The lowest BCUT2D eigenvalue weighted by molar-refractivity contribution is 0.0568. The molecule has 1 aliphatic heterocycles. The van der Waals surface area contributed by atoms with E-state index in [-0.39, 0.29) is 18.6 Å². The molecule has 24 heavy (non-hydrogen) atoms. The van der Waals surface area contributed by atoms with E-state index in [1.165, 1.54) is 0 Å². The molecule has 1 aromatic carbocycles. The second kappa shape index (κ2) is 7.93. The van der Waals surface area contributed by atoms with Gasteiger partial charge in [-0.25, -0.2) is 0 Å². The summed E-state index contributed by atoms with van der Waals surface area (Å²) in [4.78, 5) is 18.9. The minimum absolute atomic E-state index is 0.0911. The van der Waals surface area contributed by atoms with Crippen LogP contribution < -0.4 is 4.74 Å². The highest BCUT2D eigenvalue weighted by Crippen LogP contribution is 2.24. The lowest BCUT2D eigenvalue weighted by Gasteiger charge is -2.35. The zero-order valence-corrected chi connectivity index (χ0v) is 13.6. The first-order valence-corrected chi connectivity index (χ1v) is 8.38. The van der Waals surface area contributed by atoms with E-state index in [0.717, 1.165) is 31.6 Å². The van der Waals surface area contributed by atoms with Gasteiger partial charge in [0.1, 0.15) is 17.2 Å². The number of benzene rings is 1. The normalized spacial score (nSPS) is 17.5. The van der Waals surface area contributed by atoms with Crippen LogP contribution in [-0.4, -0.2) is 40.1 Å². The van der Waals surface area contributed by atoms with Crippen molar-refractivity contribution in [2.24, 2.45) is 0 Å². The Bertz CT molecular complexity index is 673. The summed E-state index contributed by atoms with van der Waals surface area (Å²) in [7, 11) is 0. The minimum atomic E-state index is -0.0911. The number of amides is 1. The van der Waals surface area contributed by atoms with Gasteiger partial charge in [0, 0.05) is 31.5 Å². The number of carbonyl (C=O) groups excluding carboxylic acids is 1. The Morgan fingerprint density at radius 2 is 2.04 bits per heavy atom. The fourth-order valence-corrected chi connectivity index (χ4v) is 3.08. The van der Waals surface area contributed by atoms with Crippen LogP contribution in [0.4, 0.5) is 0 Å². The monoisotopic (exact) mass is 326 g/mol. The van der Waals surface area contributed by atoms with Crippen LogP contribution in [-0.2, 0) is 0 Å². The number of nitrogens with zero attached hydrogens (tertiary/aromatic N) is 2.